The summed E-state index contributed by atoms with van der Waals surface area (Å²) in [6.45, 7) is 3.00. The van der Waals surface area contributed by atoms with Gasteiger partial charge in [0, 0.05) is 29.3 Å². The number of nitro benzene ring substituents is 1. The molecule has 0 aliphatic heterocycles. The first-order valence-corrected chi connectivity index (χ1v) is 8.62. The number of ketones is 1. The number of esters is 1. The summed E-state index contributed by atoms with van der Waals surface area (Å²) in [4.78, 5) is 45.9. The summed E-state index contributed by atoms with van der Waals surface area (Å²) in [5.41, 5.74) is 0.504. The Kier molecular flexibility index (Phi) is 6.84. The zero-order valence-electron chi connectivity index (χ0n) is 15.1. The van der Waals surface area contributed by atoms with E-state index in [2.05, 4.69) is 5.32 Å². The van der Waals surface area contributed by atoms with Gasteiger partial charge in [0.2, 0.25) is 5.91 Å². The van der Waals surface area contributed by atoms with Crippen LogP contribution in [0.2, 0.25) is 5.02 Å². The molecule has 1 amide bonds. The summed E-state index contributed by atoms with van der Waals surface area (Å²) in [5, 5.41) is 13.2. The number of Topliss-reactive ketones (excluding diaryl/α,β-unsaturated/α-hetero) is 1. The van der Waals surface area contributed by atoms with Crippen LogP contribution in [0.1, 0.15) is 34.6 Å². The Labute approximate surface area is 165 Å². The minimum atomic E-state index is -0.867. The number of nitro groups is 1. The zero-order chi connectivity index (χ0) is 20.8. The van der Waals surface area contributed by atoms with Crippen LogP contribution in [0.4, 0.5) is 11.4 Å². The van der Waals surface area contributed by atoms with Crippen molar-refractivity contribution in [2.75, 3.05) is 11.9 Å². The molecule has 28 heavy (non-hydrogen) atoms. The van der Waals surface area contributed by atoms with E-state index >= 15 is 0 Å². The number of rotatable bonds is 7. The zero-order valence-corrected chi connectivity index (χ0v) is 15.9. The molecular formula is C19H17ClN2O6. The Hall–Kier alpha value is -3.26. The Morgan fingerprint density at radius 3 is 2.32 bits per heavy atom. The lowest BCUT2D eigenvalue weighted by atomic mass is 10.1. The summed E-state index contributed by atoms with van der Waals surface area (Å²) < 4.78 is 4.94. The van der Waals surface area contributed by atoms with Crippen molar-refractivity contribution < 1.29 is 24.0 Å². The van der Waals surface area contributed by atoms with Gasteiger partial charge in [-0.1, -0.05) is 25.4 Å². The number of carbonyl (C=O) groups is 3. The third-order valence-electron chi connectivity index (χ3n) is 3.72. The van der Waals surface area contributed by atoms with Gasteiger partial charge in [-0.3, -0.25) is 19.7 Å². The highest BCUT2D eigenvalue weighted by Gasteiger charge is 2.18. The van der Waals surface area contributed by atoms with Gasteiger partial charge in [-0.05, 0) is 30.3 Å². The smallest absolute Gasteiger partial charge is 0.340 e. The maximum Gasteiger partial charge on any atom is 0.340 e. The molecule has 2 rings (SSSR count). The predicted molar refractivity (Wildman–Crippen MR) is 103 cm³/mol. The number of carbonyl (C=O) groups excluding carboxylic acids is 3. The summed E-state index contributed by atoms with van der Waals surface area (Å²) in [5.74, 6) is -1.64. The monoisotopic (exact) mass is 404 g/mol. The SMILES string of the molecule is CC(C)C(=O)Nc1ccc(C(=O)COC(=O)c2ccc([N+](=O)[O-])cc2Cl)cc1. The van der Waals surface area contributed by atoms with E-state index < -0.39 is 23.3 Å². The predicted octanol–water partition coefficient (Wildman–Crippen LogP) is 3.88. The molecule has 0 aliphatic rings. The van der Waals surface area contributed by atoms with Gasteiger partial charge in [0.15, 0.2) is 12.4 Å². The van der Waals surface area contributed by atoms with Gasteiger partial charge >= 0.3 is 5.97 Å². The summed E-state index contributed by atoms with van der Waals surface area (Å²) in [6.07, 6.45) is 0. The number of amides is 1. The molecule has 2 aromatic carbocycles. The van der Waals surface area contributed by atoms with Crippen molar-refractivity contribution in [3.05, 3.63) is 68.7 Å². The molecule has 8 nitrogen and oxygen atoms in total. The molecule has 0 bridgehead atoms. The Bertz CT molecular complexity index is 925. The van der Waals surface area contributed by atoms with E-state index in [-0.39, 0.29) is 28.1 Å². The number of ether oxygens (including phenoxy) is 1. The fourth-order valence-electron chi connectivity index (χ4n) is 2.10. The van der Waals surface area contributed by atoms with E-state index in [4.69, 9.17) is 16.3 Å². The van der Waals surface area contributed by atoms with Crippen molar-refractivity contribution in [2.45, 2.75) is 13.8 Å². The first-order chi connectivity index (χ1) is 13.2. The first kappa shape index (κ1) is 21.0. The molecule has 0 fully saturated rings. The molecule has 0 aliphatic carbocycles. The molecule has 0 saturated heterocycles. The number of nitrogens with one attached hydrogen (secondary N) is 1. The number of benzene rings is 2. The number of anilines is 1. The minimum Gasteiger partial charge on any atom is -0.454 e. The molecule has 0 atom stereocenters. The average molecular weight is 405 g/mol. The fraction of sp³-hybridized carbons (Fsp3) is 0.211. The van der Waals surface area contributed by atoms with E-state index in [0.717, 1.165) is 12.1 Å². The second-order valence-electron chi connectivity index (χ2n) is 6.14. The van der Waals surface area contributed by atoms with Crippen LogP contribution in [0.5, 0.6) is 0 Å². The molecule has 0 saturated carbocycles. The minimum absolute atomic E-state index is 0.0770. The van der Waals surface area contributed by atoms with Crippen LogP contribution in [-0.4, -0.2) is 29.2 Å². The highest BCUT2D eigenvalue weighted by molar-refractivity contribution is 6.33. The lowest BCUT2D eigenvalue weighted by molar-refractivity contribution is -0.384. The summed E-state index contributed by atoms with van der Waals surface area (Å²) in [6, 6.07) is 9.47. The topological polar surface area (TPSA) is 116 Å². The lowest BCUT2D eigenvalue weighted by Gasteiger charge is -2.09. The van der Waals surface area contributed by atoms with Crippen molar-refractivity contribution in [1.29, 1.82) is 0 Å². The van der Waals surface area contributed by atoms with Gasteiger partial charge in [0.1, 0.15) is 0 Å². The van der Waals surface area contributed by atoms with Crippen molar-refractivity contribution >= 4 is 40.6 Å². The molecule has 146 valence electrons. The molecule has 1 N–H and O–H groups in total. The van der Waals surface area contributed by atoms with Gasteiger partial charge in [-0.15, -0.1) is 0 Å². The molecular weight excluding hydrogens is 388 g/mol. The Balaban J connectivity index is 1.97. The molecule has 0 heterocycles. The number of hydrogen-bond donors (Lipinski definition) is 1. The van der Waals surface area contributed by atoms with Crippen molar-refractivity contribution in [1.82, 2.24) is 0 Å². The van der Waals surface area contributed by atoms with Crippen LogP contribution in [-0.2, 0) is 9.53 Å². The maximum absolute atomic E-state index is 12.2. The van der Waals surface area contributed by atoms with Crippen LogP contribution in [0.3, 0.4) is 0 Å². The normalized spacial score (nSPS) is 10.4. The van der Waals surface area contributed by atoms with Gasteiger partial charge in [-0.2, -0.15) is 0 Å². The van der Waals surface area contributed by atoms with Gasteiger partial charge < -0.3 is 10.1 Å². The van der Waals surface area contributed by atoms with E-state index in [1.165, 1.54) is 18.2 Å². The second kappa shape index (κ2) is 9.09. The van der Waals surface area contributed by atoms with Gasteiger partial charge in [0.05, 0.1) is 15.5 Å². The number of halogens is 1. The summed E-state index contributed by atoms with van der Waals surface area (Å²) >= 11 is 5.86. The molecule has 0 spiro atoms. The maximum atomic E-state index is 12.2. The Morgan fingerprint density at radius 1 is 1.14 bits per heavy atom. The highest BCUT2D eigenvalue weighted by Crippen LogP contribution is 2.23. The van der Waals surface area contributed by atoms with Crippen molar-refractivity contribution in [3.8, 4) is 0 Å². The lowest BCUT2D eigenvalue weighted by Crippen LogP contribution is -2.18. The van der Waals surface area contributed by atoms with Gasteiger partial charge in [0.25, 0.3) is 5.69 Å². The largest absolute Gasteiger partial charge is 0.454 e. The van der Waals surface area contributed by atoms with Crippen LogP contribution in [0.15, 0.2) is 42.5 Å². The van der Waals surface area contributed by atoms with E-state index in [9.17, 15) is 24.5 Å². The standard InChI is InChI=1S/C19H17ClN2O6/c1-11(2)18(24)21-13-5-3-12(4-6-13)17(23)10-28-19(25)15-8-7-14(22(26)27)9-16(15)20/h3-9,11H,10H2,1-2H3,(H,21,24). The fourth-order valence-corrected chi connectivity index (χ4v) is 2.35. The van der Waals surface area contributed by atoms with Gasteiger partial charge in [-0.25, -0.2) is 4.79 Å². The third kappa shape index (κ3) is 5.37. The molecule has 0 aromatic heterocycles. The van der Waals surface area contributed by atoms with Crippen LogP contribution < -0.4 is 5.32 Å². The average Bonchev–Trinajstić information content (AvgIpc) is 2.66. The van der Waals surface area contributed by atoms with Crippen molar-refractivity contribution in [2.24, 2.45) is 5.92 Å². The van der Waals surface area contributed by atoms with Crippen LogP contribution >= 0.6 is 11.6 Å². The quantitative estimate of drug-likeness (QED) is 0.324. The van der Waals surface area contributed by atoms with E-state index in [1.54, 1.807) is 26.0 Å². The van der Waals surface area contributed by atoms with Crippen LogP contribution in [0.25, 0.3) is 0 Å². The molecule has 0 unspecified atom stereocenters. The molecule has 0 radical (unpaired) electrons. The second-order valence-corrected chi connectivity index (χ2v) is 6.55. The molecule has 9 heteroatoms. The first-order valence-electron chi connectivity index (χ1n) is 8.24. The van der Waals surface area contributed by atoms with Crippen LogP contribution in [0, 0.1) is 16.0 Å². The third-order valence-corrected chi connectivity index (χ3v) is 4.03. The summed E-state index contributed by atoms with van der Waals surface area (Å²) in [7, 11) is 0. The number of hydrogen-bond acceptors (Lipinski definition) is 6. The molecule has 2 aromatic rings. The van der Waals surface area contributed by atoms with E-state index in [0.29, 0.717) is 11.3 Å². The van der Waals surface area contributed by atoms with E-state index in [1.807, 2.05) is 0 Å². The highest BCUT2D eigenvalue weighted by atomic mass is 35.5. The number of non-ortho nitro benzene ring substituents is 1. The Morgan fingerprint density at radius 2 is 1.79 bits per heavy atom. The van der Waals surface area contributed by atoms with Crippen molar-refractivity contribution in [3.63, 3.8) is 0 Å². The number of nitrogens with zero attached hydrogens (tertiary/aromatic N) is 1.